The normalized spacial score (nSPS) is 24.2. The van der Waals surface area contributed by atoms with Gasteiger partial charge < -0.3 is 9.88 Å². The molecule has 0 radical (unpaired) electrons. The number of hydrogen-bond acceptors (Lipinski definition) is 1. The molecule has 0 saturated carbocycles. The highest BCUT2D eigenvalue weighted by molar-refractivity contribution is 5.08. The molecule has 1 atom stereocenters. The maximum absolute atomic E-state index is 3.49. The van der Waals surface area contributed by atoms with Crippen molar-refractivity contribution in [2.45, 2.75) is 32.4 Å². The summed E-state index contributed by atoms with van der Waals surface area (Å²) in [6.07, 6.45) is 4.65. The maximum atomic E-state index is 3.49. The van der Waals surface area contributed by atoms with E-state index in [1.54, 1.807) is 0 Å². The van der Waals surface area contributed by atoms with Crippen LogP contribution in [-0.2, 0) is 13.0 Å². The molecule has 1 aliphatic heterocycles. The molecule has 1 aromatic heterocycles. The van der Waals surface area contributed by atoms with Crippen LogP contribution in [0.1, 0.15) is 19.0 Å². The van der Waals surface area contributed by atoms with E-state index in [9.17, 15) is 0 Å². The molecule has 2 rings (SSSR count). The van der Waals surface area contributed by atoms with Crippen LogP contribution in [0.4, 0.5) is 0 Å². The fourth-order valence-corrected chi connectivity index (χ4v) is 1.83. The van der Waals surface area contributed by atoms with Crippen molar-refractivity contribution in [2.75, 3.05) is 6.54 Å². The number of rotatable bonds is 0. The third-order valence-corrected chi connectivity index (χ3v) is 2.50. The largest absolute Gasteiger partial charge is 0.350 e. The zero-order valence-corrected chi connectivity index (χ0v) is 7.59. The molecule has 0 aliphatic carbocycles. The van der Waals surface area contributed by atoms with Crippen molar-refractivity contribution in [3.05, 3.63) is 24.0 Å². The standard InChI is InChI=1S/C10H16N2/c1-9-8-12-7-3-5-10(12)4-2-6-11-9/h3,5,7,9,11H,2,4,6,8H2,1H3. The Bertz CT molecular complexity index is 252. The van der Waals surface area contributed by atoms with Gasteiger partial charge in [-0.1, -0.05) is 0 Å². The van der Waals surface area contributed by atoms with Crippen molar-refractivity contribution in [2.24, 2.45) is 0 Å². The van der Waals surface area contributed by atoms with Crippen molar-refractivity contribution >= 4 is 0 Å². The molecule has 0 spiro atoms. The molecule has 2 nitrogen and oxygen atoms in total. The topological polar surface area (TPSA) is 17.0 Å². The highest BCUT2D eigenvalue weighted by atomic mass is 15.0. The highest BCUT2D eigenvalue weighted by Crippen LogP contribution is 2.08. The van der Waals surface area contributed by atoms with Gasteiger partial charge in [0.25, 0.3) is 0 Å². The SMILES string of the molecule is CC1Cn2cccc2CCCN1. The molecule has 0 amide bonds. The lowest BCUT2D eigenvalue weighted by molar-refractivity contribution is 0.443. The summed E-state index contributed by atoms with van der Waals surface area (Å²) in [5.74, 6) is 0. The maximum Gasteiger partial charge on any atom is 0.0373 e. The third-order valence-electron chi connectivity index (χ3n) is 2.50. The van der Waals surface area contributed by atoms with Crippen LogP contribution in [0, 0.1) is 0 Å². The van der Waals surface area contributed by atoms with Gasteiger partial charge in [0.05, 0.1) is 0 Å². The predicted octanol–water partition coefficient (Wildman–Crippen LogP) is 1.41. The first-order valence-electron chi connectivity index (χ1n) is 4.73. The fourth-order valence-electron chi connectivity index (χ4n) is 1.83. The second kappa shape index (κ2) is 3.31. The minimum Gasteiger partial charge on any atom is -0.350 e. The number of hydrogen-bond donors (Lipinski definition) is 1. The molecular weight excluding hydrogens is 148 g/mol. The second-order valence-electron chi connectivity index (χ2n) is 3.61. The Labute approximate surface area is 73.6 Å². The average molecular weight is 164 g/mol. The van der Waals surface area contributed by atoms with E-state index in [1.807, 2.05) is 0 Å². The molecular formula is C10H16N2. The van der Waals surface area contributed by atoms with Gasteiger partial charge >= 0.3 is 0 Å². The van der Waals surface area contributed by atoms with Crippen LogP contribution < -0.4 is 5.32 Å². The lowest BCUT2D eigenvalue weighted by atomic mass is 10.2. The predicted molar refractivity (Wildman–Crippen MR) is 50.2 cm³/mol. The van der Waals surface area contributed by atoms with Crippen molar-refractivity contribution in [1.29, 1.82) is 0 Å². The van der Waals surface area contributed by atoms with Crippen molar-refractivity contribution in [3.63, 3.8) is 0 Å². The van der Waals surface area contributed by atoms with Gasteiger partial charge in [0.2, 0.25) is 0 Å². The van der Waals surface area contributed by atoms with Crippen LogP contribution in [-0.4, -0.2) is 17.2 Å². The molecule has 66 valence electrons. The molecule has 0 fully saturated rings. The van der Waals surface area contributed by atoms with E-state index >= 15 is 0 Å². The summed E-state index contributed by atoms with van der Waals surface area (Å²) in [5.41, 5.74) is 1.49. The van der Waals surface area contributed by atoms with E-state index in [4.69, 9.17) is 0 Å². The van der Waals surface area contributed by atoms with E-state index in [0.717, 1.165) is 13.1 Å². The molecule has 1 N–H and O–H groups in total. The lowest BCUT2D eigenvalue weighted by Gasteiger charge is -2.20. The lowest BCUT2D eigenvalue weighted by Crippen LogP contribution is -2.33. The highest BCUT2D eigenvalue weighted by Gasteiger charge is 2.08. The van der Waals surface area contributed by atoms with E-state index in [1.165, 1.54) is 18.5 Å². The van der Waals surface area contributed by atoms with Crippen LogP contribution in [0.2, 0.25) is 0 Å². The van der Waals surface area contributed by atoms with Gasteiger partial charge in [-0.3, -0.25) is 0 Å². The molecule has 12 heavy (non-hydrogen) atoms. The first-order chi connectivity index (χ1) is 5.86. The first kappa shape index (κ1) is 7.87. The molecule has 2 heterocycles. The van der Waals surface area contributed by atoms with Crippen LogP contribution in [0.3, 0.4) is 0 Å². The van der Waals surface area contributed by atoms with Crippen LogP contribution in [0.25, 0.3) is 0 Å². The molecule has 1 unspecified atom stereocenters. The van der Waals surface area contributed by atoms with Gasteiger partial charge in [-0.2, -0.15) is 0 Å². The Morgan fingerprint density at radius 3 is 3.42 bits per heavy atom. The summed E-state index contributed by atoms with van der Waals surface area (Å²) in [7, 11) is 0. The van der Waals surface area contributed by atoms with Gasteiger partial charge in [0.1, 0.15) is 0 Å². The van der Waals surface area contributed by atoms with E-state index < -0.39 is 0 Å². The number of nitrogens with zero attached hydrogens (tertiary/aromatic N) is 1. The molecule has 1 aromatic rings. The smallest absolute Gasteiger partial charge is 0.0373 e. The Balaban J connectivity index is 2.19. The van der Waals surface area contributed by atoms with E-state index in [2.05, 4.69) is 35.1 Å². The van der Waals surface area contributed by atoms with Crippen molar-refractivity contribution < 1.29 is 0 Å². The zero-order chi connectivity index (χ0) is 8.39. The Morgan fingerprint density at radius 2 is 2.50 bits per heavy atom. The summed E-state index contributed by atoms with van der Waals surface area (Å²) >= 11 is 0. The van der Waals surface area contributed by atoms with E-state index in [0.29, 0.717) is 6.04 Å². The summed E-state index contributed by atoms with van der Waals surface area (Å²) in [6, 6.07) is 4.99. The minimum atomic E-state index is 0.608. The van der Waals surface area contributed by atoms with Crippen LogP contribution >= 0.6 is 0 Å². The van der Waals surface area contributed by atoms with Gasteiger partial charge in [-0.05, 0) is 38.4 Å². The number of fused-ring (bicyclic) bond motifs is 1. The summed E-state index contributed by atoms with van der Waals surface area (Å²) in [6.45, 7) is 4.52. The Kier molecular flexibility index (Phi) is 2.17. The molecule has 0 bridgehead atoms. The van der Waals surface area contributed by atoms with Gasteiger partial charge in [-0.25, -0.2) is 0 Å². The van der Waals surface area contributed by atoms with Gasteiger partial charge in [0.15, 0.2) is 0 Å². The number of aryl methyl sites for hydroxylation is 1. The molecule has 0 saturated heterocycles. The zero-order valence-electron chi connectivity index (χ0n) is 7.59. The van der Waals surface area contributed by atoms with E-state index in [-0.39, 0.29) is 0 Å². The number of aromatic nitrogens is 1. The minimum absolute atomic E-state index is 0.608. The van der Waals surface area contributed by atoms with Crippen LogP contribution in [0.5, 0.6) is 0 Å². The van der Waals surface area contributed by atoms with Gasteiger partial charge in [-0.15, -0.1) is 0 Å². The average Bonchev–Trinajstić information content (AvgIpc) is 2.42. The monoisotopic (exact) mass is 164 g/mol. The van der Waals surface area contributed by atoms with Crippen molar-refractivity contribution in [3.8, 4) is 0 Å². The van der Waals surface area contributed by atoms with Crippen molar-refractivity contribution in [1.82, 2.24) is 9.88 Å². The molecule has 1 aliphatic rings. The summed E-state index contributed by atoms with van der Waals surface area (Å²) in [4.78, 5) is 0. The molecule has 2 heteroatoms. The molecule has 0 aromatic carbocycles. The van der Waals surface area contributed by atoms with Gasteiger partial charge in [0, 0.05) is 24.5 Å². The first-order valence-corrected chi connectivity index (χ1v) is 4.73. The quantitative estimate of drug-likeness (QED) is 0.613. The summed E-state index contributed by atoms with van der Waals surface area (Å²) < 4.78 is 2.36. The fraction of sp³-hybridized carbons (Fsp3) is 0.600. The number of nitrogens with one attached hydrogen (secondary N) is 1. The Hall–Kier alpha value is -0.760. The van der Waals surface area contributed by atoms with Crippen LogP contribution in [0.15, 0.2) is 18.3 Å². The third kappa shape index (κ3) is 1.53. The Morgan fingerprint density at radius 1 is 1.58 bits per heavy atom. The second-order valence-corrected chi connectivity index (χ2v) is 3.61. The summed E-state index contributed by atoms with van der Waals surface area (Å²) in [5, 5.41) is 3.49.